The molecule has 1 heterocycles. The van der Waals surface area contributed by atoms with Gasteiger partial charge in [0.15, 0.2) is 22.7 Å². The molecule has 0 aliphatic rings. The van der Waals surface area contributed by atoms with Crippen LogP contribution < -0.4 is 0 Å². The van der Waals surface area contributed by atoms with Crippen LogP contribution >= 0.6 is 0 Å². The molecule has 8 heteroatoms. The summed E-state index contributed by atoms with van der Waals surface area (Å²) in [5, 5.41) is 0. The molecular weight excluding hydrogens is 424 g/mol. The highest BCUT2D eigenvalue weighted by molar-refractivity contribution is 7.78. The van der Waals surface area contributed by atoms with E-state index in [1.54, 1.807) is 49.6 Å². The van der Waals surface area contributed by atoms with E-state index >= 15 is 0 Å². The lowest BCUT2D eigenvalue weighted by Crippen LogP contribution is -2.14. The Balaban J connectivity index is 2.09. The number of halogens is 2. The molecule has 1 aromatic heterocycles. The van der Waals surface area contributed by atoms with E-state index in [-0.39, 0.29) is 24.2 Å². The van der Waals surface area contributed by atoms with Gasteiger partial charge in [-0.2, -0.15) is 0 Å². The molecule has 164 valence electrons. The van der Waals surface area contributed by atoms with Gasteiger partial charge in [-0.25, -0.2) is 13.0 Å². The maximum atomic E-state index is 14.0. The molecule has 1 N–H and O–H groups in total. The first kappa shape index (κ1) is 22.8. The molecule has 0 bridgehead atoms. The van der Waals surface area contributed by atoms with E-state index < -0.39 is 22.7 Å². The minimum absolute atomic E-state index is 0.00971. The van der Waals surface area contributed by atoms with Gasteiger partial charge in [0.05, 0.1) is 24.0 Å². The summed E-state index contributed by atoms with van der Waals surface area (Å²) in [7, 11) is 0. The number of carbonyl (C=O) groups excluding carboxylic acids is 1. The third-order valence-corrected chi connectivity index (χ3v) is 5.34. The van der Waals surface area contributed by atoms with Crippen LogP contribution in [0.1, 0.15) is 30.7 Å². The Morgan fingerprint density at radius 2 is 1.77 bits per heavy atom. The van der Waals surface area contributed by atoms with E-state index in [4.69, 9.17) is 9.29 Å². The number of hydrogen-bond acceptors (Lipinski definition) is 3. The number of carbonyl (C=O) groups is 1. The van der Waals surface area contributed by atoms with Crippen molar-refractivity contribution >= 4 is 17.0 Å². The van der Waals surface area contributed by atoms with Gasteiger partial charge in [0.25, 0.3) is 0 Å². The number of benzene rings is 2. The summed E-state index contributed by atoms with van der Waals surface area (Å²) in [5.74, 6) is -2.29. The number of nitrogens with zero attached hydrogens (tertiary/aromatic N) is 1. The lowest BCUT2D eigenvalue weighted by atomic mass is 10.1. The highest BCUT2D eigenvalue weighted by Gasteiger charge is 2.19. The Hall–Kier alpha value is -2.84. The topological polar surface area (TPSA) is 68.5 Å². The Kier molecular flexibility index (Phi) is 7.02. The lowest BCUT2D eigenvalue weighted by molar-refractivity contribution is -0.146. The maximum absolute atomic E-state index is 14.0. The van der Waals surface area contributed by atoms with E-state index in [0.29, 0.717) is 28.2 Å². The number of hydrogen-bond donors (Lipinski definition) is 1. The molecule has 0 aliphatic heterocycles. The average molecular weight is 448 g/mol. The van der Waals surface area contributed by atoms with E-state index in [0.717, 1.165) is 17.7 Å². The Bertz CT molecular complexity index is 1120. The monoisotopic (exact) mass is 447 g/mol. The van der Waals surface area contributed by atoms with Gasteiger partial charge < -0.3 is 13.9 Å². The van der Waals surface area contributed by atoms with Crippen LogP contribution in [0.2, 0.25) is 0 Å². The van der Waals surface area contributed by atoms with Crippen LogP contribution in [0.25, 0.3) is 16.9 Å². The summed E-state index contributed by atoms with van der Waals surface area (Å²) >= 11 is -1.95. The molecule has 0 amide bonds. The van der Waals surface area contributed by atoms with Crippen molar-refractivity contribution in [2.24, 2.45) is 0 Å². The molecule has 0 radical (unpaired) electrons. The van der Waals surface area contributed by atoms with Gasteiger partial charge in [0, 0.05) is 17.4 Å². The van der Waals surface area contributed by atoms with Gasteiger partial charge >= 0.3 is 5.97 Å². The van der Waals surface area contributed by atoms with Crippen LogP contribution in [-0.4, -0.2) is 25.4 Å². The second-order valence-corrected chi connectivity index (χ2v) is 8.38. The first-order chi connectivity index (χ1) is 14.7. The number of ether oxygens (including phenoxy) is 1. The SMILES string of the molecule is Cc1c(CC(=O)OC(C)C)cc(-c2ccc(CS(=O)O)cc2)n1-c1ccc(F)c(F)c1. The predicted molar refractivity (Wildman–Crippen MR) is 115 cm³/mol. The second-order valence-electron chi connectivity index (χ2n) is 7.45. The van der Waals surface area contributed by atoms with Gasteiger partial charge in [-0.05, 0) is 55.7 Å². The van der Waals surface area contributed by atoms with Crippen LogP contribution in [0.15, 0.2) is 48.5 Å². The van der Waals surface area contributed by atoms with Gasteiger partial charge in [0.2, 0.25) is 0 Å². The Morgan fingerprint density at radius 1 is 1.10 bits per heavy atom. The molecule has 0 saturated carbocycles. The minimum atomic E-state index is -1.95. The fourth-order valence-electron chi connectivity index (χ4n) is 3.38. The van der Waals surface area contributed by atoms with Crippen molar-refractivity contribution in [1.29, 1.82) is 0 Å². The van der Waals surface area contributed by atoms with Gasteiger partial charge in [-0.3, -0.25) is 4.79 Å². The smallest absolute Gasteiger partial charge is 0.310 e. The van der Waals surface area contributed by atoms with Gasteiger partial charge in [0.1, 0.15) is 0 Å². The zero-order valence-electron chi connectivity index (χ0n) is 17.4. The van der Waals surface area contributed by atoms with Crippen LogP contribution in [-0.2, 0) is 32.8 Å². The second kappa shape index (κ2) is 9.53. The molecule has 1 unspecified atom stereocenters. The van der Waals surface area contributed by atoms with Crippen molar-refractivity contribution in [3.8, 4) is 16.9 Å². The number of aromatic nitrogens is 1. The van der Waals surface area contributed by atoms with E-state index in [1.807, 2.05) is 6.07 Å². The highest BCUT2D eigenvalue weighted by atomic mass is 32.2. The van der Waals surface area contributed by atoms with Gasteiger partial charge in [-0.1, -0.05) is 24.3 Å². The third-order valence-electron chi connectivity index (χ3n) is 4.76. The third kappa shape index (κ3) is 5.45. The maximum Gasteiger partial charge on any atom is 0.310 e. The minimum Gasteiger partial charge on any atom is -0.463 e. The quantitative estimate of drug-likeness (QED) is 0.411. The highest BCUT2D eigenvalue weighted by Crippen LogP contribution is 2.31. The largest absolute Gasteiger partial charge is 0.463 e. The summed E-state index contributed by atoms with van der Waals surface area (Å²) in [6.07, 6.45) is -0.208. The Morgan fingerprint density at radius 3 is 2.35 bits per heavy atom. The molecule has 1 atom stereocenters. The first-order valence-corrected chi connectivity index (χ1v) is 11.0. The van der Waals surface area contributed by atoms with E-state index in [1.165, 1.54) is 6.07 Å². The lowest BCUT2D eigenvalue weighted by Gasteiger charge is -2.13. The van der Waals surface area contributed by atoms with Crippen molar-refractivity contribution in [2.75, 3.05) is 0 Å². The first-order valence-electron chi connectivity index (χ1n) is 9.68. The molecule has 0 saturated heterocycles. The summed E-state index contributed by atoms with van der Waals surface area (Å²) < 4.78 is 54.6. The zero-order chi connectivity index (χ0) is 22.7. The normalized spacial score (nSPS) is 12.2. The van der Waals surface area contributed by atoms with Crippen molar-refractivity contribution < 1.29 is 27.1 Å². The molecule has 0 fully saturated rings. The van der Waals surface area contributed by atoms with Crippen LogP contribution in [0.4, 0.5) is 8.78 Å². The van der Waals surface area contributed by atoms with Crippen molar-refractivity contribution in [3.63, 3.8) is 0 Å². The van der Waals surface area contributed by atoms with Crippen molar-refractivity contribution in [2.45, 2.75) is 39.0 Å². The molecule has 0 aliphatic carbocycles. The molecule has 31 heavy (non-hydrogen) atoms. The van der Waals surface area contributed by atoms with Crippen molar-refractivity contribution in [1.82, 2.24) is 4.57 Å². The fraction of sp³-hybridized carbons (Fsp3) is 0.261. The summed E-state index contributed by atoms with van der Waals surface area (Å²) in [4.78, 5) is 12.2. The molecule has 0 spiro atoms. The van der Waals surface area contributed by atoms with Gasteiger partial charge in [-0.15, -0.1) is 0 Å². The Labute approximate surface area is 182 Å². The average Bonchev–Trinajstić information content (AvgIpc) is 2.99. The van der Waals surface area contributed by atoms with Crippen LogP contribution in [0, 0.1) is 18.6 Å². The van der Waals surface area contributed by atoms with E-state index in [9.17, 15) is 17.8 Å². The number of rotatable bonds is 7. The van der Waals surface area contributed by atoms with Crippen LogP contribution in [0.3, 0.4) is 0 Å². The standard InChI is InChI=1S/C23H23F2NO4S/c1-14(2)30-23(27)11-18-10-22(17-6-4-16(5-7-17)13-31(28)29)26(15(18)3)19-8-9-20(24)21(25)12-19/h4-10,12,14H,11,13H2,1-3H3,(H,28,29). The molecular formula is C23H23F2NO4S. The fourth-order valence-corrected chi connectivity index (χ4v) is 3.86. The molecule has 2 aromatic carbocycles. The summed E-state index contributed by atoms with van der Waals surface area (Å²) in [6, 6.07) is 12.5. The molecule has 5 nitrogen and oxygen atoms in total. The predicted octanol–water partition coefficient (Wildman–Crippen LogP) is 4.95. The van der Waals surface area contributed by atoms with E-state index in [2.05, 4.69) is 0 Å². The summed E-state index contributed by atoms with van der Waals surface area (Å²) in [6.45, 7) is 5.33. The van der Waals surface area contributed by atoms with Crippen LogP contribution in [0.5, 0.6) is 0 Å². The summed E-state index contributed by atoms with van der Waals surface area (Å²) in [5.41, 5.74) is 3.92. The number of esters is 1. The molecule has 3 aromatic rings. The zero-order valence-corrected chi connectivity index (χ0v) is 18.2. The molecule has 3 rings (SSSR count). The van der Waals surface area contributed by atoms with Crippen molar-refractivity contribution in [3.05, 3.63) is 77.0 Å².